The highest BCUT2D eigenvalue weighted by atomic mass is 79.9. The van der Waals surface area contributed by atoms with Gasteiger partial charge in [0.05, 0.1) is 23.6 Å². The number of hydrogen-bond donors (Lipinski definition) is 1. The number of nitrogens with one attached hydrogen (secondary N) is 1. The number of nitrogens with zero attached hydrogens (tertiary/aromatic N) is 2. The number of anilines is 1. The summed E-state index contributed by atoms with van der Waals surface area (Å²) in [6, 6.07) is 6.46. The molecule has 0 aliphatic carbocycles. The molecule has 4 heteroatoms. The normalized spacial score (nSPS) is 10.8. The molecule has 1 heterocycles. The van der Waals surface area contributed by atoms with Gasteiger partial charge in [-0.3, -0.25) is 4.68 Å². The van der Waals surface area contributed by atoms with Crippen molar-refractivity contribution < 1.29 is 0 Å². The number of benzene rings is 1. The predicted octanol–water partition coefficient (Wildman–Crippen LogP) is 4.20. The second-order valence-electron chi connectivity index (χ2n) is 4.89. The third-order valence-corrected chi connectivity index (χ3v) is 3.79. The Labute approximate surface area is 123 Å². The summed E-state index contributed by atoms with van der Waals surface area (Å²) in [4.78, 5) is 0. The Kier molecular flexibility index (Phi) is 4.30. The molecule has 0 bridgehead atoms. The minimum absolute atomic E-state index is 0.789. The van der Waals surface area contributed by atoms with E-state index < -0.39 is 0 Å². The number of hydrogen-bond acceptors (Lipinski definition) is 2. The summed E-state index contributed by atoms with van der Waals surface area (Å²) in [6.07, 6.45) is 0. The average Bonchev–Trinajstić information content (AvgIpc) is 2.68. The second-order valence-corrected chi connectivity index (χ2v) is 5.74. The zero-order valence-corrected chi connectivity index (χ0v) is 13.5. The van der Waals surface area contributed by atoms with E-state index in [2.05, 4.69) is 65.3 Å². The number of halogens is 1. The molecule has 0 unspecified atom stereocenters. The van der Waals surface area contributed by atoms with E-state index in [9.17, 15) is 0 Å². The first-order valence-corrected chi connectivity index (χ1v) is 7.34. The van der Waals surface area contributed by atoms with Gasteiger partial charge in [0.2, 0.25) is 0 Å². The summed E-state index contributed by atoms with van der Waals surface area (Å²) in [5.41, 5.74) is 5.97. The lowest BCUT2D eigenvalue weighted by molar-refractivity contribution is 0.623. The largest absolute Gasteiger partial charge is 0.378 e. The van der Waals surface area contributed by atoms with Crippen molar-refractivity contribution in [2.45, 2.75) is 40.8 Å². The molecule has 2 rings (SSSR count). The number of rotatable bonds is 4. The SMILES string of the molecule is CCn1nc(C)cc1CNc1c(C)cc(C)cc1Br. The topological polar surface area (TPSA) is 29.9 Å². The molecule has 1 N–H and O–H groups in total. The van der Waals surface area contributed by atoms with Crippen molar-refractivity contribution in [1.82, 2.24) is 9.78 Å². The van der Waals surface area contributed by atoms with Gasteiger partial charge in [0.15, 0.2) is 0 Å². The van der Waals surface area contributed by atoms with E-state index >= 15 is 0 Å². The second kappa shape index (κ2) is 5.78. The minimum atomic E-state index is 0.789. The van der Waals surface area contributed by atoms with Gasteiger partial charge in [-0.25, -0.2) is 0 Å². The van der Waals surface area contributed by atoms with Gasteiger partial charge in [-0.2, -0.15) is 5.10 Å². The maximum Gasteiger partial charge on any atom is 0.0597 e. The molecule has 0 aliphatic heterocycles. The van der Waals surface area contributed by atoms with Gasteiger partial charge < -0.3 is 5.32 Å². The van der Waals surface area contributed by atoms with Crippen molar-refractivity contribution in [1.29, 1.82) is 0 Å². The molecule has 3 nitrogen and oxygen atoms in total. The molecule has 0 saturated carbocycles. The maximum absolute atomic E-state index is 4.47. The average molecular weight is 322 g/mol. The monoisotopic (exact) mass is 321 g/mol. The first-order valence-electron chi connectivity index (χ1n) is 6.55. The molecule has 0 amide bonds. The van der Waals surface area contributed by atoms with Gasteiger partial charge in [-0.15, -0.1) is 0 Å². The molecule has 0 aliphatic rings. The molecule has 0 fully saturated rings. The first kappa shape index (κ1) is 14.1. The van der Waals surface area contributed by atoms with E-state index in [1.807, 2.05) is 11.6 Å². The molecule has 0 radical (unpaired) electrons. The summed E-state index contributed by atoms with van der Waals surface area (Å²) in [6.45, 7) is 10.1. The van der Waals surface area contributed by atoms with E-state index in [-0.39, 0.29) is 0 Å². The van der Waals surface area contributed by atoms with E-state index in [1.54, 1.807) is 0 Å². The molecule has 102 valence electrons. The highest BCUT2D eigenvalue weighted by Gasteiger charge is 2.07. The highest BCUT2D eigenvalue weighted by Crippen LogP contribution is 2.28. The zero-order chi connectivity index (χ0) is 14.0. The van der Waals surface area contributed by atoms with Crippen molar-refractivity contribution in [2.75, 3.05) is 5.32 Å². The lowest BCUT2D eigenvalue weighted by atomic mass is 10.1. The van der Waals surface area contributed by atoms with Crippen LogP contribution in [0.15, 0.2) is 22.7 Å². The van der Waals surface area contributed by atoms with Crippen LogP contribution < -0.4 is 5.32 Å². The molecule has 0 saturated heterocycles. The van der Waals surface area contributed by atoms with Gasteiger partial charge in [0.1, 0.15) is 0 Å². The van der Waals surface area contributed by atoms with Crippen LogP contribution in [0.4, 0.5) is 5.69 Å². The van der Waals surface area contributed by atoms with Crippen molar-refractivity contribution in [2.24, 2.45) is 0 Å². The van der Waals surface area contributed by atoms with Crippen LogP contribution in [0.3, 0.4) is 0 Å². The fourth-order valence-corrected chi connectivity index (χ4v) is 3.15. The van der Waals surface area contributed by atoms with Crippen LogP contribution in [0, 0.1) is 20.8 Å². The van der Waals surface area contributed by atoms with Crippen LogP contribution in [0.2, 0.25) is 0 Å². The Morgan fingerprint density at radius 1 is 1.21 bits per heavy atom. The molecule has 0 spiro atoms. The summed E-state index contributed by atoms with van der Waals surface area (Å²) < 4.78 is 3.16. The van der Waals surface area contributed by atoms with Crippen LogP contribution in [-0.2, 0) is 13.1 Å². The Bertz CT molecular complexity index is 564. The molecular formula is C15H20BrN3. The van der Waals surface area contributed by atoms with Crippen molar-refractivity contribution in [3.8, 4) is 0 Å². The highest BCUT2D eigenvalue weighted by molar-refractivity contribution is 9.10. The third-order valence-electron chi connectivity index (χ3n) is 3.16. The predicted molar refractivity (Wildman–Crippen MR) is 83.6 cm³/mol. The summed E-state index contributed by atoms with van der Waals surface area (Å²) in [7, 11) is 0. The smallest absolute Gasteiger partial charge is 0.0597 e. The molecular weight excluding hydrogens is 302 g/mol. The van der Waals surface area contributed by atoms with E-state index in [0.717, 1.165) is 28.9 Å². The van der Waals surface area contributed by atoms with Gasteiger partial charge in [-0.05, 0) is 66.9 Å². The zero-order valence-electron chi connectivity index (χ0n) is 11.9. The number of aromatic nitrogens is 2. The van der Waals surface area contributed by atoms with Crippen LogP contribution >= 0.6 is 15.9 Å². The van der Waals surface area contributed by atoms with Crippen molar-refractivity contribution >= 4 is 21.6 Å². The van der Waals surface area contributed by atoms with E-state index in [1.165, 1.54) is 16.8 Å². The van der Waals surface area contributed by atoms with Crippen LogP contribution in [-0.4, -0.2) is 9.78 Å². The maximum atomic E-state index is 4.47. The quantitative estimate of drug-likeness (QED) is 0.914. The van der Waals surface area contributed by atoms with Crippen molar-refractivity contribution in [3.63, 3.8) is 0 Å². The minimum Gasteiger partial charge on any atom is -0.378 e. The molecule has 0 atom stereocenters. The van der Waals surface area contributed by atoms with Crippen LogP contribution in [0.1, 0.15) is 29.4 Å². The molecule has 19 heavy (non-hydrogen) atoms. The van der Waals surface area contributed by atoms with Crippen LogP contribution in [0.5, 0.6) is 0 Å². The summed E-state index contributed by atoms with van der Waals surface area (Å²) in [5.74, 6) is 0. The molecule has 2 aromatic rings. The summed E-state index contributed by atoms with van der Waals surface area (Å²) >= 11 is 3.63. The Balaban J connectivity index is 2.19. The van der Waals surface area contributed by atoms with Gasteiger partial charge >= 0.3 is 0 Å². The Morgan fingerprint density at radius 2 is 1.95 bits per heavy atom. The standard InChI is InChI=1S/C15H20BrN3/c1-5-19-13(8-12(4)18-19)9-17-15-11(3)6-10(2)7-14(15)16/h6-8,17H,5,9H2,1-4H3. The fourth-order valence-electron chi connectivity index (χ4n) is 2.33. The lowest BCUT2D eigenvalue weighted by Crippen LogP contribution is -2.09. The van der Waals surface area contributed by atoms with Gasteiger partial charge in [-0.1, -0.05) is 6.07 Å². The van der Waals surface area contributed by atoms with Gasteiger partial charge in [0.25, 0.3) is 0 Å². The lowest BCUT2D eigenvalue weighted by Gasteiger charge is -2.13. The van der Waals surface area contributed by atoms with Crippen molar-refractivity contribution in [3.05, 3.63) is 45.2 Å². The van der Waals surface area contributed by atoms with Gasteiger partial charge in [0, 0.05) is 11.0 Å². The van der Waals surface area contributed by atoms with E-state index in [4.69, 9.17) is 0 Å². The Hall–Kier alpha value is -1.29. The third kappa shape index (κ3) is 3.18. The van der Waals surface area contributed by atoms with E-state index in [0.29, 0.717) is 0 Å². The molecule has 1 aromatic heterocycles. The number of aryl methyl sites for hydroxylation is 4. The Morgan fingerprint density at radius 3 is 2.58 bits per heavy atom. The van der Waals surface area contributed by atoms with Crippen LogP contribution in [0.25, 0.3) is 0 Å². The first-order chi connectivity index (χ1) is 9.01. The fraction of sp³-hybridized carbons (Fsp3) is 0.400. The summed E-state index contributed by atoms with van der Waals surface area (Å²) in [5, 5.41) is 7.97. The molecule has 1 aromatic carbocycles.